The van der Waals surface area contributed by atoms with E-state index in [1.54, 1.807) is 5.57 Å². The highest BCUT2D eigenvalue weighted by atomic mass is 14.3. The first-order valence-corrected chi connectivity index (χ1v) is 7.93. The summed E-state index contributed by atoms with van der Waals surface area (Å²) in [5, 5.41) is 0. The van der Waals surface area contributed by atoms with Crippen molar-refractivity contribution in [2.45, 2.75) is 32.1 Å². The molecule has 0 aromatic heterocycles. The summed E-state index contributed by atoms with van der Waals surface area (Å²) in [5.74, 6) is 0.536. The normalized spacial score (nSPS) is 18.5. The Kier molecular flexibility index (Phi) is 3.03. The van der Waals surface area contributed by atoms with Crippen LogP contribution in [0.25, 0.3) is 11.1 Å². The molecule has 21 heavy (non-hydrogen) atoms. The number of rotatable bonds is 3. The van der Waals surface area contributed by atoms with E-state index in [2.05, 4.69) is 67.6 Å². The van der Waals surface area contributed by atoms with Crippen LogP contribution in [0.5, 0.6) is 0 Å². The molecule has 2 aliphatic rings. The van der Waals surface area contributed by atoms with Gasteiger partial charge in [0.15, 0.2) is 0 Å². The van der Waals surface area contributed by atoms with Crippen molar-refractivity contribution in [2.24, 2.45) is 0 Å². The van der Waals surface area contributed by atoms with Crippen molar-refractivity contribution in [2.75, 3.05) is 0 Å². The van der Waals surface area contributed by atoms with Gasteiger partial charge in [0.25, 0.3) is 0 Å². The zero-order chi connectivity index (χ0) is 14.2. The number of benzene rings is 2. The van der Waals surface area contributed by atoms with Crippen LogP contribution in [0.15, 0.2) is 66.3 Å². The summed E-state index contributed by atoms with van der Waals surface area (Å²) < 4.78 is 0. The average molecular weight is 272 g/mol. The van der Waals surface area contributed by atoms with Gasteiger partial charge in [-0.15, -0.1) is 0 Å². The van der Waals surface area contributed by atoms with Crippen molar-refractivity contribution in [3.8, 4) is 11.1 Å². The summed E-state index contributed by atoms with van der Waals surface area (Å²) in [5.41, 5.74) is 8.93. The van der Waals surface area contributed by atoms with E-state index in [4.69, 9.17) is 0 Å². The van der Waals surface area contributed by atoms with E-state index in [1.165, 1.54) is 27.8 Å². The summed E-state index contributed by atoms with van der Waals surface area (Å²) in [6.45, 7) is 2.24. The highest BCUT2D eigenvalue weighted by Crippen LogP contribution is 2.48. The van der Waals surface area contributed by atoms with Gasteiger partial charge in [-0.1, -0.05) is 73.2 Å². The minimum Gasteiger partial charge on any atom is -0.0805 e. The van der Waals surface area contributed by atoms with Crippen LogP contribution in [-0.2, 0) is 6.42 Å². The molecular formula is C21H20. The number of hydrogen-bond acceptors (Lipinski definition) is 0. The standard InChI is InChI=1S/C21H20/c1-2-15-11-12-19-17-9-5-6-10-18(17)21(20(19)13-15)14-16-7-3-4-8-16/h3-7,9-13,21H,2,8,14H2,1H3. The predicted octanol–water partition coefficient (Wildman–Crippen LogP) is 5.64. The van der Waals surface area contributed by atoms with Gasteiger partial charge in [-0.25, -0.2) is 0 Å². The maximum Gasteiger partial charge on any atom is 0.0139 e. The molecule has 1 unspecified atom stereocenters. The zero-order valence-electron chi connectivity index (χ0n) is 12.5. The first-order chi connectivity index (χ1) is 10.4. The lowest BCUT2D eigenvalue weighted by Crippen LogP contribution is -1.99. The largest absolute Gasteiger partial charge is 0.0805 e. The van der Waals surface area contributed by atoms with Crippen LogP contribution < -0.4 is 0 Å². The maximum atomic E-state index is 2.43. The van der Waals surface area contributed by atoms with Crippen LogP contribution in [0.2, 0.25) is 0 Å². The van der Waals surface area contributed by atoms with Gasteiger partial charge in [-0.2, -0.15) is 0 Å². The molecule has 0 heterocycles. The topological polar surface area (TPSA) is 0 Å². The van der Waals surface area contributed by atoms with E-state index in [-0.39, 0.29) is 0 Å². The summed E-state index contributed by atoms with van der Waals surface area (Å²) in [6.07, 6.45) is 10.1. The first-order valence-electron chi connectivity index (χ1n) is 7.93. The second kappa shape index (κ2) is 5.04. The minimum atomic E-state index is 0.536. The van der Waals surface area contributed by atoms with Gasteiger partial charge in [0.2, 0.25) is 0 Å². The third kappa shape index (κ3) is 2.06. The Hall–Kier alpha value is -2.08. The minimum absolute atomic E-state index is 0.536. The van der Waals surface area contributed by atoms with Crippen molar-refractivity contribution < 1.29 is 0 Å². The van der Waals surface area contributed by atoms with Crippen molar-refractivity contribution >= 4 is 0 Å². The van der Waals surface area contributed by atoms with Crippen molar-refractivity contribution in [3.63, 3.8) is 0 Å². The van der Waals surface area contributed by atoms with E-state index < -0.39 is 0 Å². The molecule has 0 bridgehead atoms. The molecule has 0 amide bonds. The van der Waals surface area contributed by atoms with Crippen LogP contribution in [-0.4, -0.2) is 0 Å². The Labute approximate surface area is 126 Å². The number of hydrogen-bond donors (Lipinski definition) is 0. The Bertz CT molecular complexity index is 746. The molecule has 0 nitrogen and oxygen atoms in total. The van der Waals surface area contributed by atoms with Gasteiger partial charge >= 0.3 is 0 Å². The van der Waals surface area contributed by atoms with E-state index in [0.29, 0.717) is 5.92 Å². The fraction of sp³-hybridized carbons (Fsp3) is 0.238. The fourth-order valence-electron chi connectivity index (χ4n) is 3.70. The van der Waals surface area contributed by atoms with E-state index in [1.807, 2.05) is 0 Å². The first kappa shape index (κ1) is 12.6. The summed E-state index contributed by atoms with van der Waals surface area (Å²) in [6, 6.07) is 16.0. The fourth-order valence-corrected chi connectivity index (χ4v) is 3.70. The van der Waals surface area contributed by atoms with Crippen molar-refractivity contribution in [1.29, 1.82) is 0 Å². The Balaban J connectivity index is 1.82. The van der Waals surface area contributed by atoms with E-state index in [0.717, 1.165) is 19.3 Å². The molecule has 0 aliphatic heterocycles. The third-order valence-corrected chi connectivity index (χ3v) is 4.84. The molecule has 0 fully saturated rings. The molecule has 1 atom stereocenters. The van der Waals surface area contributed by atoms with Crippen LogP contribution in [0.4, 0.5) is 0 Å². The number of allylic oxidation sites excluding steroid dienone is 4. The molecular weight excluding hydrogens is 252 g/mol. The van der Waals surface area contributed by atoms with Crippen LogP contribution in [0.3, 0.4) is 0 Å². The maximum absolute atomic E-state index is 2.43. The molecule has 0 saturated heterocycles. The van der Waals surface area contributed by atoms with Gasteiger partial charge in [0.1, 0.15) is 0 Å². The van der Waals surface area contributed by atoms with Crippen LogP contribution in [0.1, 0.15) is 42.4 Å². The van der Waals surface area contributed by atoms with Gasteiger partial charge in [0.05, 0.1) is 0 Å². The Morgan fingerprint density at radius 3 is 2.67 bits per heavy atom. The van der Waals surface area contributed by atoms with E-state index >= 15 is 0 Å². The lowest BCUT2D eigenvalue weighted by Gasteiger charge is -2.15. The molecule has 4 rings (SSSR count). The summed E-state index contributed by atoms with van der Waals surface area (Å²) in [4.78, 5) is 0. The molecule has 0 radical (unpaired) electrons. The molecule has 2 aromatic rings. The van der Waals surface area contributed by atoms with Crippen molar-refractivity contribution in [3.05, 3.63) is 83.0 Å². The monoisotopic (exact) mass is 272 g/mol. The predicted molar refractivity (Wildman–Crippen MR) is 89.6 cm³/mol. The molecule has 0 saturated carbocycles. The summed E-state index contributed by atoms with van der Waals surface area (Å²) >= 11 is 0. The number of aryl methyl sites for hydroxylation is 1. The lowest BCUT2D eigenvalue weighted by atomic mass is 9.89. The molecule has 0 spiro atoms. The quantitative estimate of drug-likeness (QED) is 0.678. The highest BCUT2D eigenvalue weighted by Gasteiger charge is 2.28. The second-order valence-electron chi connectivity index (χ2n) is 6.08. The Morgan fingerprint density at radius 2 is 1.86 bits per heavy atom. The van der Waals surface area contributed by atoms with Crippen LogP contribution in [0, 0.1) is 0 Å². The molecule has 2 aromatic carbocycles. The lowest BCUT2D eigenvalue weighted by molar-refractivity contribution is 0.803. The van der Waals surface area contributed by atoms with E-state index in [9.17, 15) is 0 Å². The third-order valence-electron chi connectivity index (χ3n) is 4.84. The van der Waals surface area contributed by atoms with Crippen LogP contribution >= 0.6 is 0 Å². The zero-order valence-corrected chi connectivity index (χ0v) is 12.5. The van der Waals surface area contributed by atoms with Gasteiger partial charge in [0, 0.05) is 5.92 Å². The van der Waals surface area contributed by atoms with Gasteiger partial charge in [-0.05, 0) is 47.1 Å². The SMILES string of the molecule is CCc1ccc2c(c1)C(CC1=CC=CC1)c1ccccc1-2. The number of fused-ring (bicyclic) bond motifs is 3. The second-order valence-corrected chi connectivity index (χ2v) is 6.08. The molecule has 2 aliphatic carbocycles. The smallest absolute Gasteiger partial charge is 0.0139 e. The summed E-state index contributed by atoms with van der Waals surface area (Å²) in [7, 11) is 0. The molecule has 0 heteroatoms. The average Bonchev–Trinajstić information content (AvgIpc) is 3.15. The molecule has 0 N–H and O–H groups in total. The Morgan fingerprint density at radius 1 is 1.00 bits per heavy atom. The highest BCUT2D eigenvalue weighted by molar-refractivity contribution is 5.79. The van der Waals surface area contributed by atoms with Gasteiger partial charge < -0.3 is 0 Å². The van der Waals surface area contributed by atoms with Gasteiger partial charge in [-0.3, -0.25) is 0 Å². The van der Waals surface area contributed by atoms with Crippen molar-refractivity contribution in [1.82, 2.24) is 0 Å². The molecule has 104 valence electrons.